The minimum Gasteiger partial charge on any atom is -0.479 e. The summed E-state index contributed by atoms with van der Waals surface area (Å²) in [6.45, 7) is 1.89. The van der Waals surface area contributed by atoms with Crippen molar-refractivity contribution < 1.29 is 28.6 Å². The first kappa shape index (κ1) is 15.2. The van der Waals surface area contributed by atoms with Gasteiger partial charge in [-0.05, 0) is 19.1 Å². The average molecular weight is 297 g/mol. The van der Waals surface area contributed by atoms with Gasteiger partial charge in [0.1, 0.15) is 0 Å². The van der Waals surface area contributed by atoms with Crippen molar-refractivity contribution >= 4 is 11.9 Å². The van der Waals surface area contributed by atoms with Crippen LogP contribution in [0.4, 0.5) is 4.39 Å². The number of rotatable bonds is 4. The van der Waals surface area contributed by atoms with Crippen LogP contribution in [0.3, 0.4) is 0 Å². The van der Waals surface area contributed by atoms with Gasteiger partial charge in [-0.2, -0.15) is 0 Å². The molecule has 7 heteroatoms. The van der Waals surface area contributed by atoms with E-state index in [-0.39, 0.29) is 25.4 Å². The summed E-state index contributed by atoms with van der Waals surface area (Å²) in [6, 6.07) is 5.79. The Morgan fingerprint density at radius 3 is 2.86 bits per heavy atom. The average Bonchev–Trinajstić information content (AvgIpc) is 2.49. The first-order valence-electron chi connectivity index (χ1n) is 6.53. The van der Waals surface area contributed by atoms with E-state index in [1.807, 2.05) is 0 Å². The fourth-order valence-electron chi connectivity index (χ4n) is 2.04. The summed E-state index contributed by atoms with van der Waals surface area (Å²) in [7, 11) is 0. The Morgan fingerprint density at radius 2 is 2.19 bits per heavy atom. The largest absolute Gasteiger partial charge is 0.479 e. The van der Waals surface area contributed by atoms with Crippen molar-refractivity contribution in [2.75, 3.05) is 19.7 Å². The molecular weight excluding hydrogens is 281 g/mol. The number of amides is 1. The topological polar surface area (TPSA) is 76.1 Å². The van der Waals surface area contributed by atoms with Crippen molar-refractivity contribution in [1.82, 2.24) is 4.90 Å². The summed E-state index contributed by atoms with van der Waals surface area (Å²) in [6.07, 6.45) is -1.95. The Kier molecular flexibility index (Phi) is 4.74. The van der Waals surface area contributed by atoms with Crippen LogP contribution in [0.1, 0.15) is 6.92 Å². The van der Waals surface area contributed by atoms with Crippen molar-refractivity contribution in [1.29, 1.82) is 0 Å². The maximum atomic E-state index is 13.5. The van der Waals surface area contributed by atoms with E-state index in [9.17, 15) is 14.0 Å². The van der Waals surface area contributed by atoms with Gasteiger partial charge in [-0.15, -0.1) is 0 Å². The Hall–Kier alpha value is -2.15. The highest BCUT2D eigenvalue weighted by Gasteiger charge is 2.31. The highest BCUT2D eigenvalue weighted by atomic mass is 19.1. The van der Waals surface area contributed by atoms with Crippen LogP contribution in [-0.2, 0) is 14.3 Å². The summed E-state index contributed by atoms with van der Waals surface area (Å²) in [5, 5.41) is 8.90. The number of benzene rings is 1. The molecule has 0 aliphatic carbocycles. The zero-order valence-corrected chi connectivity index (χ0v) is 11.5. The Labute approximate surface area is 121 Å². The second-order valence-electron chi connectivity index (χ2n) is 4.67. The normalized spacial score (nSPS) is 19.9. The number of hydrogen-bond acceptors (Lipinski definition) is 4. The second kappa shape index (κ2) is 6.53. The van der Waals surface area contributed by atoms with Gasteiger partial charge >= 0.3 is 5.97 Å². The number of carbonyl (C=O) groups excluding carboxylic acids is 1. The number of morpholine rings is 1. The van der Waals surface area contributed by atoms with Crippen LogP contribution < -0.4 is 4.74 Å². The molecule has 0 radical (unpaired) electrons. The molecule has 0 saturated carbocycles. The third-order valence-electron chi connectivity index (χ3n) is 3.14. The number of nitrogens with zero attached hydrogens (tertiary/aromatic N) is 1. The smallest absolute Gasteiger partial charge is 0.334 e. The molecule has 2 rings (SSSR count). The summed E-state index contributed by atoms with van der Waals surface area (Å²) in [4.78, 5) is 24.5. The van der Waals surface area contributed by atoms with Crippen molar-refractivity contribution in [2.24, 2.45) is 0 Å². The zero-order valence-electron chi connectivity index (χ0n) is 11.5. The second-order valence-corrected chi connectivity index (χ2v) is 4.67. The highest BCUT2D eigenvalue weighted by Crippen LogP contribution is 2.18. The minimum atomic E-state index is -1.12. The minimum absolute atomic E-state index is 0.0126. The molecule has 21 heavy (non-hydrogen) atoms. The zero-order chi connectivity index (χ0) is 15.4. The van der Waals surface area contributed by atoms with Crippen LogP contribution in [0.15, 0.2) is 24.3 Å². The molecule has 1 aromatic carbocycles. The fourth-order valence-corrected chi connectivity index (χ4v) is 2.04. The Morgan fingerprint density at radius 1 is 1.48 bits per heavy atom. The number of carboxylic acids is 1. The van der Waals surface area contributed by atoms with E-state index < -0.39 is 29.9 Å². The maximum absolute atomic E-state index is 13.5. The lowest BCUT2D eigenvalue weighted by atomic mass is 10.2. The van der Waals surface area contributed by atoms with Crippen molar-refractivity contribution in [3.8, 4) is 5.75 Å². The first-order valence-corrected chi connectivity index (χ1v) is 6.53. The monoisotopic (exact) mass is 297 g/mol. The van der Waals surface area contributed by atoms with Crippen LogP contribution in [-0.4, -0.2) is 53.8 Å². The molecule has 6 nitrogen and oxygen atoms in total. The lowest BCUT2D eigenvalue weighted by molar-refractivity contribution is -0.161. The molecule has 1 saturated heterocycles. The number of halogens is 1. The molecular formula is C14H16FNO5. The third-order valence-corrected chi connectivity index (χ3v) is 3.14. The van der Waals surface area contributed by atoms with Gasteiger partial charge < -0.3 is 19.5 Å². The number of aliphatic carboxylic acids is 1. The van der Waals surface area contributed by atoms with E-state index in [4.69, 9.17) is 14.6 Å². The van der Waals surface area contributed by atoms with E-state index in [2.05, 4.69) is 0 Å². The SMILES string of the molecule is CC(Oc1ccccc1F)C(=O)N1CCOC(C(=O)O)C1. The molecule has 1 aliphatic heterocycles. The van der Waals surface area contributed by atoms with Crippen molar-refractivity contribution in [3.05, 3.63) is 30.1 Å². The highest BCUT2D eigenvalue weighted by molar-refractivity contribution is 5.82. The summed E-state index contributed by atoms with van der Waals surface area (Å²) < 4.78 is 23.8. The van der Waals surface area contributed by atoms with Crippen LogP contribution in [0, 0.1) is 5.82 Å². The Bertz CT molecular complexity index is 536. The number of hydrogen-bond donors (Lipinski definition) is 1. The lowest BCUT2D eigenvalue weighted by Gasteiger charge is -2.32. The molecule has 1 aromatic rings. The molecule has 1 amide bonds. The standard InChI is InChI=1S/C14H16FNO5/c1-9(21-11-5-3-2-4-10(11)15)13(17)16-6-7-20-12(8-16)14(18)19/h2-5,9,12H,6-8H2,1H3,(H,18,19). The molecule has 0 aromatic heterocycles. The van der Waals surface area contributed by atoms with Gasteiger partial charge in [-0.1, -0.05) is 12.1 Å². The molecule has 1 heterocycles. The molecule has 1 aliphatic rings. The van der Waals surface area contributed by atoms with Crippen molar-refractivity contribution in [2.45, 2.75) is 19.1 Å². The van der Waals surface area contributed by atoms with Gasteiger partial charge in [0, 0.05) is 6.54 Å². The van der Waals surface area contributed by atoms with Crippen molar-refractivity contribution in [3.63, 3.8) is 0 Å². The molecule has 0 bridgehead atoms. The third kappa shape index (κ3) is 3.69. The molecule has 1 N–H and O–H groups in total. The van der Waals surface area contributed by atoms with E-state index >= 15 is 0 Å². The van der Waals surface area contributed by atoms with Crippen LogP contribution in [0.2, 0.25) is 0 Å². The van der Waals surface area contributed by atoms with Gasteiger partial charge in [0.15, 0.2) is 23.8 Å². The van der Waals surface area contributed by atoms with Gasteiger partial charge in [0.05, 0.1) is 13.2 Å². The first-order chi connectivity index (χ1) is 9.99. The summed E-state index contributed by atoms with van der Waals surface area (Å²) in [5.74, 6) is -2.08. The lowest BCUT2D eigenvalue weighted by Crippen LogP contribution is -2.51. The van der Waals surface area contributed by atoms with E-state index in [1.54, 1.807) is 6.07 Å². The molecule has 2 unspecified atom stereocenters. The predicted molar refractivity (Wildman–Crippen MR) is 70.4 cm³/mol. The van der Waals surface area contributed by atoms with Crippen LogP contribution in [0.25, 0.3) is 0 Å². The van der Waals surface area contributed by atoms with Crippen LogP contribution in [0.5, 0.6) is 5.75 Å². The van der Waals surface area contributed by atoms with E-state index in [0.29, 0.717) is 0 Å². The molecule has 2 atom stereocenters. The van der Waals surface area contributed by atoms with E-state index in [1.165, 1.54) is 30.0 Å². The molecule has 0 spiro atoms. The predicted octanol–water partition coefficient (Wildman–Crippen LogP) is 0.905. The van der Waals surface area contributed by atoms with Gasteiger partial charge in [0.25, 0.3) is 5.91 Å². The van der Waals surface area contributed by atoms with Gasteiger partial charge in [-0.25, -0.2) is 9.18 Å². The van der Waals surface area contributed by atoms with Crippen LogP contribution >= 0.6 is 0 Å². The summed E-state index contributed by atoms with van der Waals surface area (Å²) >= 11 is 0. The fraction of sp³-hybridized carbons (Fsp3) is 0.429. The number of para-hydroxylation sites is 1. The number of carbonyl (C=O) groups is 2. The number of ether oxygens (including phenoxy) is 2. The molecule has 1 fully saturated rings. The Balaban J connectivity index is 1.99. The quantitative estimate of drug-likeness (QED) is 0.894. The van der Waals surface area contributed by atoms with Gasteiger partial charge in [0.2, 0.25) is 0 Å². The molecule has 114 valence electrons. The van der Waals surface area contributed by atoms with Gasteiger partial charge in [-0.3, -0.25) is 4.79 Å². The van der Waals surface area contributed by atoms with E-state index in [0.717, 1.165) is 0 Å². The number of carboxylic acid groups (broad SMARTS) is 1. The maximum Gasteiger partial charge on any atom is 0.334 e. The summed E-state index contributed by atoms with van der Waals surface area (Å²) in [5.41, 5.74) is 0.